The zero-order valence-corrected chi connectivity index (χ0v) is 14.7. The molecule has 3 aliphatic rings. The van der Waals surface area contributed by atoms with Gasteiger partial charge in [0, 0.05) is 37.7 Å². The fourth-order valence-electron chi connectivity index (χ4n) is 4.39. The summed E-state index contributed by atoms with van der Waals surface area (Å²) in [5, 5.41) is 2.35. The van der Waals surface area contributed by atoms with E-state index in [9.17, 15) is 14.4 Å². The molecule has 3 heterocycles. The second-order valence-electron chi connectivity index (χ2n) is 7.35. The summed E-state index contributed by atoms with van der Waals surface area (Å²) in [7, 11) is 0. The molecule has 2 atom stereocenters. The molecule has 0 aromatic heterocycles. The average molecular weight is 356 g/mol. The van der Waals surface area contributed by atoms with E-state index in [0.29, 0.717) is 31.1 Å². The maximum absolute atomic E-state index is 12.9. The average Bonchev–Trinajstić information content (AvgIpc) is 3.20. The van der Waals surface area contributed by atoms with Crippen molar-refractivity contribution in [3.63, 3.8) is 0 Å². The van der Waals surface area contributed by atoms with Crippen molar-refractivity contribution in [2.24, 2.45) is 5.73 Å². The van der Waals surface area contributed by atoms with Crippen LogP contribution in [0.3, 0.4) is 0 Å². The number of hydrogen-bond donors (Lipinski definition) is 2. The minimum Gasteiger partial charge on any atom is -0.329 e. The Kier molecular flexibility index (Phi) is 4.50. The molecule has 3 aliphatic heterocycles. The highest BCUT2D eigenvalue weighted by atomic mass is 16.2. The van der Waals surface area contributed by atoms with Gasteiger partial charge in [-0.3, -0.25) is 24.6 Å². The molecule has 3 N–H and O–H groups in total. The van der Waals surface area contributed by atoms with Crippen LogP contribution in [0.25, 0.3) is 0 Å². The Morgan fingerprint density at radius 1 is 1.19 bits per heavy atom. The third kappa shape index (κ3) is 2.91. The second kappa shape index (κ2) is 6.81. The molecular weight excluding hydrogens is 332 g/mol. The Labute approximate surface area is 152 Å². The molecule has 1 aromatic carbocycles. The van der Waals surface area contributed by atoms with Gasteiger partial charge in [0.1, 0.15) is 6.04 Å². The molecule has 26 heavy (non-hydrogen) atoms. The zero-order chi connectivity index (χ0) is 18.3. The summed E-state index contributed by atoms with van der Waals surface area (Å²) in [5.74, 6) is -0.752. The molecule has 0 aliphatic carbocycles. The number of nitrogens with zero attached hydrogens (tertiary/aromatic N) is 2. The van der Waals surface area contributed by atoms with Gasteiger partial charge < -0.3 is 10.6 Å². The number of hydrogen-bond acceptors (Lipinski definition) is 5. The van der Waals surface area contributed by atoms with Gasteiger partial charge in [-0.25, -0.2) is 0 Å². The predicted octanol–water partition coefficient (Wildman–Crippen LogP) is 0.371. The lowest BCUT2D eigenvalue weighted by atomic mass is 10.0. The van der Waals surface area contributed by atoms with Gasteiger partial charge in [-0.05, 0) is 43.0 Å². The van der Waals surface area contributed by atoms with E-state index < -0.39 is 6.04 Å². The number of fused-ring (bicyclic) bond motifs is 1. The lowest BCUT2D eigenvalue weighted by molar-refractivity contribution is -0.136. The molecule has 138 valence electrons. The van der Waals surface area contributed by atoms with Gasteiger partial charge in [-0.1, -0.05) is 12.1 Å². The van der Waals surface area contributed by atoms with Crippen LogP contribution in [0.1, 0.15) is 47.2 Å². The molecule has 0 saturated carbocycles. The summed E-state index contributed by atoms with van der Waals surface area (Å²) in [6, 6.07) is 5.63. The smallest absolute Gasteiger partial charge is 0.255 e. The first-order valence-electron chi connectivity index (χ1n) is 9.28. The third-order valence-corrected chi connectivity index (χ3v) is 5.82. The number of carbonyl (C=O) groups is 3. The van der Waals surface area contributed by atoms with Crippen LogP contribution >= 0.6 is 0 Å². The summed E-state index contributed by atoms with van der Waals surface area (Å²) >= 11 is 0. The van der Waals surface area contributed by atoms with Crippen molar-refractivity contribution in [1.29, 1.82) is 0 Å². The Balaban J connectivity index is 1.56. The SMILES string of the molecule is NC[C@H]1CCCN1Cc1cccc2c1CN(C1CCC(=O)NC1=O)C2=O. The molecule has 1 unspecified atom stereocenters. The Bertz CT molecular complexity index is 763. The van der Waals surface area contributed by atoms with Crippen molar-refractivity contribution in [2.45, 2.75) is 50.9 Å². The molecule has 1 aromatic rings. The van der Waals surface area contributed by atoms with E-state index >= 15 is 0 Å². The fraction of sp³-hybridized carbons (Fsp3) is 0.526. The number of carbonyl (C=O) groups excluding carboxylic acids is 3. The number of nitrogens with two attached hydrogens (primary N) is 1. The minimum absolute atomic E-state index is 0.117. The highest BCUT2D eigenvalue weighted by molar-refractivity contribution is 6.05. The number of imide groups is 1. The third-order valence-electron chi connectivity index (χ3n) is 5.82. The van der Waals surface area contributed by atoms with E-state index in [1.54, 1.807) is 4.90 Å². The van der Waals surface area contributed by atoms with Crippen LogP contribution < -0.4 is 11.1 Å². The van der Waals surface area contributed by atoms with Crippen LogP contribution in [-0.4, -0.2) is 52.7 Å². The molecule has 7 nitrogen and oxygen atoms in total. The second-order valence-corrected chi connectivity index (χ2v) is 7.35. The maximum Gasteiger partial charge on any atom is 0.255 e. The van der Waals surface area contributed by atoms with Crippen LogP contribution in [0, 0.1) is 0 Å². The number of rotatable bonds is 4. The van der Waals surface area contributed by atoms with Gasteiger partial charge in [-0.2, -0.15) is 0 Å². The van der Waals surface area contributed by atoms with E-state index in [1.807, 2.05) is 12.1 Å². The van der Waals surface area contributed by atoms with Crippen LogP contribution in [0.15, 0.2) is 18.2 Å². The fourth-order valence-corrected chi connectivity index (χ4v) is 4.39. The van der Waals surface area contributed by atoms with E-state index in [-0.39, 0.29) is 24.1 Å². The standard InChI is InChI=1S/C19H24N4O3/c20-9-13-4-2-8-22(13)10-12-3-1-5-14-15(12)11-23(19(14)26)16-6-7-17(24)21-18(16)25/h1,3,5,13,16H,2,4,6-11,20H2,(H,21,24,25)/t13-,16?/m1/s1. The van der Waals surface area contributed by atoms with E-state index in [1.165, 1.54) is 0 Å². The molecule has 0 bridgehead atoms. The highest BCUT2D eigenvalue weighted by Gasteiger charge is 2.40. The lowest BCUT2D eigenvalue weighted by Crippen LogP contribution is -2.52. The van der Waals surface area contributed by atoms with Gasteiger partial charge in [0.2, 0.25) is 11.8 Å². The van der Waals surface area contributed by atoms with Gasteiger partial charge >= 0.3 is 0 Å². The summed E-state index contributed by atoms with van der Waals surface area (Å²) in [4.78, 5) is 40.4. The molecule has 7 heteroatoms. The van der Waals surface area contributed by atoms with Crippen molar-refractivity contribution >= 4 is 17.7 Å². The van der Waals surface area contributed by atoms with E-state index in [0.717, 1.165) is 37.1 Å². The van der Waals surface area contributed by atoms with Crippen molar-refractivity contribution in [1.82, 2.24) is 15.1 Å². The monoisotopic (exact) mass is 356 g/mol. The van der Waals surface area contributed by atoms with E-state index in [4.69, 9.17) is 5.73 Å². The first kappa shape index (κ1) is 17.2. The summed E-state index contributed by atoms with van der Waals surface area (Å²) < 4.78 is 0. The van der Waals surface area contributed by atoms with Crippen LogP contribution in [0.2, 0.25) is 0 Å². The number of likely N-dealkylation sites (tertiary alicyclic amines) is 1. The largest absolute Gasteiger partial charge is 0.329 e. The number of nitrogens with one attached hydrogen (secondary N) is 1. The molecule has 0 spiro atoms. The normalized spacial score (nSPS) is 26.3. The van der Waals surface area contributed by atoms with Gasteiger partial charge in [-0.15, -0.1) is 0 Å². The zero-order valence-electron chi connectivity index (χ0n) is 14.7. The summed E-state index contributed by atoms with van der Waals surface area (Å²) in [6.07, 6.45) is 2.93. The summed E-state index contributed by atoms with van der Waals surface area (Å²) in [5.41, 5.74) is 8.69. The van der Waals surface area contributed by atoms with Gasteiger partial charge in [0.25, 0.3) is 5.91 Å². The Hall–Kier alpha value is -2.25. The molecule has 4 rings (SSSR count). The lowest BCUT2D eigenvalue weighted by Gasteiger charge is -2.29. The topological polar surface area (TPSA) is 95.7 Å². The maximum atomic E-state index is 12.9. The Morgan fingerprint density at radius 2 is 2.04 bits per heavy atom. The van der Waals surface area contributed by atoms with Crippen molar-refractivity contribution < 1.29 is 14.4 Å². The molecule has 3 amide bonds. The van der Waals surface area contributed by atoms with Crippen molar-refractivity contribution in [2.75, 3.05) is 13.1 Å². The highest BCUT2D eigenvalue weighted by Crippen LogP contribution is 2.31. The predicted molar refractivity (Wildman–Crippen MR) is 95.0 cm³/mol. The van der Waals surface area contributed by atoms with Gasteiger partial charge in [0.15, 0.2) is 0 Å². The minimum atomic E-state index is -0.566. The Morgan fingerprint density at radius 3 is 2.81 bits per heavy atom. The summed E-state index contributed by atoms with van der Waals surface area (Å²) in [6.45, 7) is 2.88. The molecule has 2 saturated heterocycles. The van der Waals surface area contributed by atoms with Gasteiger partial charge in [0.05, 0.1) is 0 Å². The van der Waals surface area contributed by atoms with Crippen LogP contribution in [0.4, 0.5) is 0 Å². The van der Waals surface area contributed by atoms with Crippen LogP contribution in [-0.2, 0) is 22.7 Å². The van der Waals surface area contributed by atoms with Crippen molar-refractivity contribution in [3.8, 4) is 0 Å². The van der Waals surface area contributed by atoms with Crippen molar-refractivity contribution in [3.05, 3.63) is 34.9 Å². The van der Waals surface area contributed by atoms with E-state index in [2.05, 4.69) is 16.3 Å². The molecule has 0 radical (unpaired) electrons. The first-order chi connectivity index (χ1) is 12.6. The first-order valence-corrected chi connectivity index (χ1v) is 9.28. The van der Waals surface area contributed by atoms with Crippen LogP contribution in [0.5, 0.6) is 0 Å². The quantitative estimate of drug-likeness (QED) is 0.760. The number of benzene rings is 1. The number of piperidine rings is 1. The number of amides is 3. The molecular formula is C19H24N4O3. The molecule has 2 fully saturated rings.